The van der Waals surface area contributed by atoms with E-state index in [0.29, 0.717) is 5.70 Å². The van der Waals surface area contributed by atoms with Crippen LogP contribution in [0.4, 0.5) is 0 Å². The van der Waals surface area contributed by atoms with Crippen molar-refractivity contribution in [3.8, 4) is 0 Å². The molecule has 0 aromatic carbocycles. The first-order valence-corrected chi connectivity index (χ1v) is 6.13. The lowest BCUT2D eigenvalue weighted by Crippen LogP contribution is -2.19. The number of furan rings is 1. The number of allylic oxidation sites excluding steroid dienone is 1. The van der Waals surface area contributed by atoms with Crippen molar-refractivity contribution in [1.29, 1.82) is 0 Å². The normalized spacial score (nSPS) is 11.4. The molecule has 0 bridgehead atoms. The third-order valence-electron chi connectivity index (χ3n) is 2.87. The molecule has 0 unspecified atom stereocenters. The molecule has 0 N–H and O–H groups in total. The van der Waals surface area contributed by atoms with Gasteiger partial charge in [-0.2, -0.15) is 0 Å². The van der Waals surface area contributed by atoms with Crippen LogP contribution in [-0.4, -0.2) is 29.3 Å². The van der Waals surface area contributed by atoms with E-state index in [9.17, 15) is 9.59 Å². The summed E-state index contributed by atoms with van der Waals surface area (Å²) in [6.45, 7) is 0. The molecule has 5 nitrogen and oxygen atoms in total. The summed E-state index contributed by atoms with van der Waals surface area (Å²) < 4.78 is 6.60. The molecule has 0 aliphatic heterocycles. The molecule has 2 aromatic rings. The van der Waals surface area contributed by atoms with E-state index in [1.54, 1.807) is 56.5 Å². The zero-order valence-electron chi connectivity index (χ0n) is 11.7. The number of aryl methyl sites for hydroxylation is 1. The highest BCUT2D eigenvalue weighted by Crippen LogP contribution is 2.14. The third-order valence-corrected chi connectivity index (χ3v) is 2.87. The minimum absolute atomic E-state index is 0.0917. The number of aromatic nitrogens is 1. The molecule has 0 saturated carbocycles. The van der Waals surface area contributed by atoms with E-state index in [2.05, 4.69) is 0 Å². The van der Waals surface area contributed by atoms with E-state index in [1.807, 2.05) is 0 Å². The molecule has 0 atom stereocenters. The highest BCUT2D eigenvalue weighted by atomic mass is 16.3. The largest absolute Gasteiger partial charge is 0.461 e. The van der Waals surface area contributed by atoms with Gasteiger partial charge in [0.15, 0.2) is 5.76 Å². The number of likely N-dealkylation sites (N-methyl/N-ethyl adjacent to an activating group) is 1. The second-order valence-corrected chi connectivity index (χ2v) is 4.64. The summed E-state index contributed by atoms with van der Waals surface area (Å²) in [7, 11) is 5.24. The van der Waals surface area contributed by atoms with Gasteiger partial charge in [0.2, 0.25) is 11.3 Å². The standard InChI is InChI=1S/C15H16N2O3/c1-16(2)12(15(19)13-5-4-8-20-13)9-11-6-7-14(18)17(3)10-11/h4-10H,1-3H3. The highest BCUT2D eigenvalue weighted by Gasteiger charge is 2.16. The summed E-state index contributed by atoms with van der Waals surface area (Å²) in [5.41, 5.74) is 1.17. The number of rotatable bonds is 4. The second kappa shape index (κ2) is 5.61. The van der Waals surface area contributed by atoms with Crippen LogP contribution in [0.15, 0.2) is 51.6 Å². The highest BCUT2D eigenvalue weighted by molar-refractivity contribution is 6.09. The maximum Gasteiger partial charge on any atom is 0.250 e. The fraction of sp³-hybridized carbons (Fsp3) is 0.200. The van der Waals surface area contributed by atoms with Crippen LogP contribution in [0, 0.1) is 0 Å². The Kier molecular flexibility index (Phi) is 3.89. The van der Waals surface area contributed by atoms with Gasteiger partial charge in [-0.15, -0.1) is 0 Å². The van der Waals surface area contributed by atoms with E-state index in [0.717, 1.165) is 5.56 Å². The molecule has 0 aliphatic rings. The number of ketones is 1. The number of nitrogens with zero attached hydrogens (tertiary/aromatic N) is 2. The molecule has 0 spiro atoms. The Morgan fingerprint density at radius 3 is 2.60 bits per heavy atom. The molecule has 104 valence electrons. The van der Waals surface area contributed by atoms with E-state index in [-0.39, 0.29) is 17.1 Å². The van der Waals surface area contributed by atoms with Crippen LogP contribution in [0.3, 0.4) is 0 Å². The van der Waals surface area contributed by atoms with Crippen LogP contribution in [0.1, 0.15) is 16.1 Å². The van der Waals surface area contributed by atoms with Gasteiger partial charge in [0.25, 0.3) is 0 Å². The average Bonchev–Trinajstić information content (AvgIpc) is 2.93. The van der Waals surface area contributed by atoms with Gasteiger partial charge in [0, 0.05) is 33.4 Å². The van der Waals surface area contributed by atoms with Crippen LogP contribution in [-0.2, 0) is 7.05 Å². The Morgan fingerprint density at radius 1 is 1.30 bits per heavy atom. The van der Waals surface area contributed by atoms with Crippen LogP contribution in [0.5, 0.6) is 0 Å². The summed E-state index contributed by atoms with van der Waals surface area (Å²) in [6.07, 6.45) is 4.87. The molecule has 0 radical (unpaired) electrons. The van der Waals surface area contributed by atoms with Gasteiger partial charge < -0.3 is 13.9 Å². The van der Waals surface area contributed by atoms with Crippen molar-refractivity contribution in [2.45, 2.75) is 0 Å². The number of hydrogen-bond donors (Lipinski definition) is 0. The summed E-state index contributed by atoms with van der Waals surface area (Å²) in [4.78, 5) is 25.4. The molecule has 0 aliphatic carbocycles. The van der Waals surface area contributed by atoms with Gasteiger partial charge >= 0.3 is 0 Å². The molecule has 2 aromatic heterocycles. The quantitative estimate of drug-likeness (QED) is 0.628. The number of hydrogen-bond acceptors (Lipinski definition) is 4. The van der Waals surface area contributed by atoms with Crippen LogP contribution in [0.25, 0.3) is 6.08 Å². The van der Waals surface area contributed by atoms with Crippen molar-refractivity contribution in [2.24, 2.45) is 7.05 Å². The van der Waals surface area contributed by atoms with Crippen LogP contribution < -0.4 is 5.56 Å². The molecule has 0 fully saturated rings. The van der Waals surface area contributed by atoms with Crippen LogP contribution in [0.2, 0.25) is 0 Å². The third kappa shape index (κ3) is 2.88. The van der Waals surface area contributed by atoms with E-state index < -0.39 is 0 Å². The molecule has 2 rings (SSSR count). The summed E-state index contributed by atoms with van der Waals surface area (Å²) in [6, 6.07) is 6.45. The maximum absolute atomic E-state index is 12.3. The number of Topliss-reactive ketones (excluding diaryl/α,β-unsaturated/α-hetero) is 1. The van der Waals surface area contributed by atoms with Crippen molar-refractivity contribution < 1.29 is 9.21 Å². The van der Waals surface area contributed by atoms with Gasteiger partial charge in [-0.25, -0.2) is 0 Å². The minimum Gasteiger partial charge on any atom is -0.461 e. The zero-order chi connectivity index (χ0) is 14.7. The fourth-order valence-corrected chi connectivity index (χ4v) is 1.79. The molecular formula is C15H16N2O3. The molecule has 20 heavy (non-hydrogen) atoms. The Bertz CT molecular complexity index is 694. The SMILES string of the molecule is CN(C)C(=Cc1ccc(=O)n(C)c1)C(=O)c1ccco1. The van der Waals surface area contributed by atoms with Gasteiger partial charge in [-0.3, -0.25) is 9.59 Å². The Morgan fingerprint density at radius 2 is 2.05 bits per heavy atom. The zero-order valence-corrected chi connectivity index (χ0v) is 11.7. The average molecular weight is 272 g/mol. The minimum atomic E-state index is -0.200. The molecule has 0 saturated heterocycles. The number of carbonyl (C=O) groups excluding carboxylic acids is 1. The Labute approximate surface area is 116 Å². The topological polar surface area (TPSA) is 55.5 Å². The van der Waals surface area contributed by atoms with E-state index in [1.165, 1.54) is 16.9 Å². The van der Waals surface area contributed by atoms with Crippen molar-refractivity contribution in [3.05, 3.63) is 64.1 Å². The Hall–Kier alpha value is -2.56. The lowest BCUT2D eigenvalue weighted by molar-refractivity contribution is 0.0980. The summed E-state index contributed by atoms with van der Waals surface area (Å²) >= 11 is 0. The van der Waals surface area contributed by atoms with Crippen molar-refractivity contribution in [1.82, 2.24) is 9.47 Å². The maximum atomic E-state index is 12.3. The first-order chi connectivity index (χ1) is 9.49. The molecule has 5 heteroatoms. The first-order valence-electron chi connectivity index (χ1n) is 6.13. The lowest BCUT2D eigenvalue weighted by atomic mass is 10.1. The summed E-state index contributed by atoms with van der Waals surface area (Å²) in [5.74, 6) is 0.0867. The van der Waals surface area contributed by atoms with Crippen LogP contribution >= 0.6 is 0 Å². The summed E-state index contributed by atoms with van der Waals surface area (Å²) in [5, 5.41) is 0. The monoisotopic (exact) mass is 272 g/mol. The van der Waals surface area contributed by atoms with Crippen molar-refractivity contribution in [2.75, 3.05) is 14.1 Å². The first kappa shape index (κ1) is 13.9. The molecule has 2 heterocycles. The smallest absolute Gasteiger partial charge is 0.250 e. The number of pyridine rings is 1. The van der Waals surface area contributed by atoms with E-state index in [4.69, 9.17) is 4.42 Å². The predicted octanol–water partition coefficient (Wildman–Crippen LogP) is 1.76. The van der Waals surface area contributed by atoms with Crippen molar-refractivity contribution >= 4 is 11.9 Å². The second-order valence-electron chi connectivity index (χ2n) is 4.64. The number of carbonyl (C=O) groups is 1. The molecule has 0 amide bonds. The van der Waals surface area contributed by atoms with Crippen molar-refractivity contribution in [3.63, 3.8) is 0 Å². The fourth-order valence-electron chi connectivity index (χ4n) is 1.79. The lowest BCUT2D eigenvalue weighted by Gasteiger charge is -2.15. The van der Waals surface area contributed by atoms with Gasteiger partial charge in [-0.05, 0) is 29.8 Å². The van der Waals surface area contributed by atoms with E-state index >= 15 is 0 Å². The van der Waals surface area contributed by atoms with Gasteiger partial charge in [0.05, 0.1) is 12.0 Å². The predicted molar refractivity (Wildman–Crippen MR) is 76.4 cm³/mol. The van der Waals surface area contributed by atoms with Gasteiger partial charge in [0.1, 0.15) is 0 Å². The Balaban J connectivity index is 2.42. The molecular weight excluding hydrogens is 256 g/mol. The van der Waals surface area contributed by atoms with Gasteiger partial charge in [-0.1, -0.05) is 0 Å².